The Labute approximate surface area is 188 Å². The molecule has 2 N–H and O–H groups in total. The first-order valence-corrected chi connectivity index (χ1v) is 10.8. The van der Waals surface area contributed by atoms with Gasteiger partial charge in [0.2, 0.25) is 11.9 Å². The molecule has 0 aliphatic heterocycles. The number of benzene rings is 2. The van der Waals surface area contributed by atoms with Crippen LogP contribution in [0.2, 0.25) is 0 Å². The summed E-state index contributed by atoms with van der Waals surface area (Å²) in [6.07, 6.45) is 5.19. The molecule has 1 aromatic heterocycles. The Morgan fingerprint density at radius 3 is 2.39 bits per heavy atom. The maximum absolute atomic E-state index is 12.7. The Kier molecular flexibility index (Phi) is 7.51. The number of nitrogens with zero attached hydrogens (tertiary/aromatic N) is 2. The normalized spacial score (nSPS) is 11.4. The Balaban J connectivity index is 1.69. The minimum atomic E-state index is -3.91. The summed E-state index contributed by atoms with van der Waals surface area (Å²) < 4.78 is 61.9. The third-order valence-corrected chi connectivity index (χ3v) is 5.42. The van der Waals surface area contributed by atoms with Crippen LogP contribution in [-0.2, 0) is 14.8 Å². The van der Waals surface area contributed by atoms with Gasteiger partial charge >= 0.3 is 6.61 Å². The Morgan fingerprint density at radius 1 is 1.06 bits per heavy atom. The first-order chi connectivity index (χ1) is 15.8. The van der Waals surface area contributed by atoms with E-state index >= 15 is 0 Å². The standard InChI is InChI=1S/C21H18F2N4O5S/c1-31-17-5-2-4-14(19(17)32-20(22)23)6-11-18(28)26-15-7-9-16(10-8-15)33(29,30)27-21-24-12-3-13-25-21/h2-13,20H,1H3,(H,26,28)(H,24,25,27)/b11-6+. The highest BCUT2D eigenvalue weighted by Gasteiger charge is 2.16. The molecule has 0 saturated heterocycles. The van der Waals surface area contributed by atoms with E-state index in [1.54, 1.807) is 12.1 Å². The molecular formula is C21H18F2N4O5S. The summed E-state index contributed by atoms with van der Waals surface area (Å²) in [5.74, 6) is -0.771. The van der Waals surface area contributed by atoms with E-state index in [1.807, 2.05) is 0 Å². The van der Waals surface area contributed by atoms with Gasteiger partial charge in [0.25, 0.3) is 10.0 Å². The monoisotopic (exact) mass is 476 g/mol. The minimum Gasteiger partial charge on any atom is -0.493 e. The first kappa shape index (κ1) is 23.6. The van der Waals surface area contributed by atoms with Gasteiger partial charge in [-0.25, -0.2) is 23.1 Å². The van der Waals surface area contributed by atoms with E-state index in [0.29, 0.717) is 5.69 Å². The molecule has 33 heavy (non-hydrogen) atoms. The third kappa shape index (κ3) is 6.46. The van der Waals surface area contributed by atoms with Crippen LogP contribution in [0, 0.1) is 0 Å². The number of carbonyl (C=O) groups excluding carboxylic acids is 1. The highest BCUT2D eigenvalue weighted by Crippen LogP contribution is 2.33. The number of nitrogens with one attached hydrogen (secondary N) is 2. The number of rotatable bonds is 9. The van der Waals surface area contributed by atoms with Gasteiger partial charge < -0.3 is 14.8 Å². The second kappa shape index (κ2) is 10.5. The van der Waals surface area contributed by atoms with Crippen molar-refractivity contribution in [2.24, 2.45) is 0 Å². The van der Waals surface area contributed by atoms with Gasteiger partial charge in [-0.3, -0.25) is 4.79 Å². The maximum Gasteiger partial charge on any atom is 0.387 e. The van der Waals surface area contributed by atoms with Crippen LogP contribution < -0.4 is 19.5 Å². The molecule has 0 fully saturated rings. The number of sulfonamides is 1. The van der Waals surface area contributed by atoms with Gasteiger partial charge in [0.15, 0.2) is 11.5 Å². The molecule has 0 unspecified atom stereocenters. The second-order valence-corrected chi connectivity index (χ2v) is 7.96. The number of hydrogen-bond acceptors (Lipinski definition) is 7. The minimum absolute atomic E-state index is 0.0614. The average molecular weight is 476 g/mol. The summed E-state index contributed by atoms with van der Waals surface area (Å²) in [5.41, 5.74) is 0.523. The number of hydrogen-bond donors (Lipinski definition) is 2. The van der Waals surface area contributed by atoms with E-state index in [4.69, 9.17) is 4.74 Å². The zero-order valence-electron chi connectivity index (χ0n) is 17.1. The predicted octanol–water partition coefficient (Wildman–Crippen LogP) is 3.54. The third-order valence-electron chi connectivity index (χ3n) is 4.07. The summed E-state index contributed by atoms with van der Waals surface area (Å²) in [4.78, 5) is 19.8. The van der Waals surface area contributed by atoms with Crippen LogP contribution >= 0.6 is 0 Å². The van der Waals surface area contributed by atoms with Gasteiger partial charge in [0, 0.05) is 29.7 Å². The quantitative estimate of drug-likeness (QED) is 0.453. The highest BCUT2D eigenvalue weighted by atomic mass is 32.2. The second-order valence-electron chi connectivity index (χ2n) is 6.28. The summed E-state index contributed by atoms with van der Waals surface area (Å²) in [7, 11) is -2.61. The Hall–Kier alpha value is -4.06. The number of aromatic nitrogens is 2. The van der Waals surface area contributed by atoms with Gasteiger partial charge in [-0.05, 0) is 42.5 Å². The predicted molar refractivity (Wildman–Crippen MR) is 117 cm³/mol. The van der Waals surface area contributed by atoms with E-state index in [9.17, 15) is 22.0 Å². The molecule has 12 heteroatoms. The van der Waals surface area contributed by atoms with Gasteiger partial charge in [-0.15, -0.1) is 0 Å². The molecule has 0 bridgehead atoms. The number of amides is 1. The molecule has 3 rings (SSSR count). The molecule has 2 aromatic carbocycles. The molecule has 0 aliphatic rings. The molecular weight excluding hydrogens is 458 g/mol. The van der Waals surface area contributed by atoms with Gasteiger partial charge in [-0.1, -0.05) is 12.1 Å². The van der Waals surface area contributed by atoms with Crippen LogP contribution in [-0.4, -0.2) is 38.0 Å². The Bertz CT molecular complexity index is 1240. The molecule has 172 valence electrons. The van der Waals surface area contributed by atoms with Crippen LogP contribution in [0.4, 0.5) is 20.4 Å². The molecule has 0 saturated carbocycles. The van der Waals surface area contributed by atoms with Crippen molar-refractivity contribution in [3.8, 4) is 11.5 Å². The number of halogens is 2. The number of para-hydroxylation sites is 1. The van der Waals surface area contributed by atoms with Crippen molar-refractivity contribution in [2.75, 3.05) is 17.1 Å². The fourth-order valence-electron chi connectivity index (χ4n) is 2.64. The number of alkyl halides is 2. The van der Waals surface area contributed by atoms with Crippen molar-refractivity contribution in [3.63, 3.8) is 0 Å². The fourth-order valence-corrected chi connectivity index (χ4v) is 3.60. The lowest BCUT2D eigenvalue weighted by Gasteiger charge is -2.12. The first-order valence-electron chi connectivity index (χ1n) is 9.29. The smallest absolute Gasteiger partial charge is 0.387 e. The number of anilines is 2. The van der Waals surface area contributed by atoms with Gasteiger partial charge in [0.05, 0.1) is 12.0 Å². The van der Waals surface area contributed by atoms with E-state index in [1.165, 1.54) is 62.0 Å². The van der Waals surface area contributed by atoms with Crippen molar-refractivity contribution in [3.05, 3.63) is 72.6 Å². The molecule has 1 heterocycles. The van der Waals surface area contributed by atoms with Crippen LogP contribution in [0.15, 0.2) is 71.9 Å². The largest absolute Gasteiger partial charge is 0.493 e. The average Bonchev–Trinajstić information content (AvgIpc) is 2.78. The van der Waals surface area contributed by atoms with E-state index in [0.717, 1.165) is 6.08 Å². The lowest BCUT2D eigenvalue weighted by molar-refractivity contribution is -0.111. The van der Waals surface area contributed by atoms with Crippen LogP contribution in [0.1, 0.15) is 5.56 Å². The van der Waals surface area contributed by atoms with Crippen molar-refractivity contribution >= 4 is 33.6 Å². The van der Waals surface area contributed by atoms with Crippen LogP contribution in [0.25, 0.3) is 6.08 Å². The van der Waals surface area contributed by atoms with Crippen molar-refractivity contribution in [2.45, 2.75) is 11.5 Å². The van der Waals surface area contributed by atoms with Gasteiger partial charge in [0.1, 0.15) is 0 Å². The summed E-state index contributed by atoms with van der Waals surface area (Å²) >= 11 is 0. The summed E-state index contributed by atoms with van der Waals surface area (Å²) in [5, 5.41) is 2.54. The lowest BCUT2D eigenvalue weighted by Crippen LogP contribution is -2.15. The topological polar surface area (TPSA) is 120 Å². The lowest BCUT2D eigenvalue weighted by atomic mass is 10.1. The van der Waals surface area contributed by atoms with Crippen molar-refractivity contribution < 1.29 is 31.5 Å². The Morgan fingerprint density at radius 2 is 1.76 bits per heavy atom. The molecule has 0 atom stereocenters. The molecule has 1 amide bonds. The van der Waals surface area contributed by atoms with Crippen LogP contribution in [0.5, 0.6) is 11.5 Å². The van der Waals surface area contributed by atoms with Crippen molar-refractivity contribution in [1.82, 2.24) is 9.97 Å². The molecule has 9 nitrogen and oxygen atoms in total. The van der Waals surface area contributed by atoms with E-state index in [-0.39, 0.29) is 27.9 Å². The zero-order valence-corrected chi connectivity index (χ0v) is 17.9. The number of ether oxygens (including phenoxy) is 2. The summed E-state index contributed by atoms with van der Waals surface area (Å²) in [6, 6.07) is 11.4. The summed E-state index contributed by atoms with van der Waals surface area (Å²) in [6.45, 7) is -3.07. The molecule has 0 aliphatic carbocycles. The van der Waals surface area contributed by atoms with E-state index in [2.05, 4.69) is 24.7 Å². The SMILES string of the molecule is COc1cccc(/C=C/C(=O)Nc2ccc(S(=O)(=O)Nc3ncccn3)cc2)c1OC(F)F. The number of carbonyl (C=O) groups is 1. The molecule has 0 radical (unpaired) electrons. The van der Waals surface area contributed by atoms with Crippen LogP contribution in [0.3, 0.4) is 0 Å². The van der Waals surface area contributed by atoms with Gasteiger partial charge in [-0.2, -0.15) is 8.78 Å². The fraction of sp³-hybridized carbons (Fsp3) is 0.0952. The van der Waals surface area contributed by atoms with E-state index < -0.39 is 22.5 Å². The zero-order chi connectivity index (χ0) is 23.8. The highest BCUT2D eigenvalue weighted by molar-refractivity contribution is 7.92. The molecule has 3 aromatic rings. The maximum atomic E-state index is 12.7. The molecule has 0 spiro atoms. The van der Waals surface area contributed by atoms with Crippen molar-refractivity contribution in [1.29, 1.82) is 0 Å². The number of methoxy groups -OCH3 is 1.